The van der Waals surface area contributed by atoms with E-state index in [0.29, 0.717) is 19.6 Å². The molecule has 2 aromatic carbocycles. The van der Waals surface area contributed by atoms with E-state index in [1.807, 2.05) is 19.9 Å². The monoisotopic (exact) mass is 430 g/mol. The Morgan fingerprint density at radius 2 is 1.84 bits per heavy atom. The summed E-state index contributed by atoms with van der Waals surface area (Å²) >= 11 is 0. The number of nitrogens with one attached hydrogen (secondary N) is 1. The average molecular weight is 431 g/mol. The van der Waals surface area contributed by atoms with E-state index in [0.717, 1.165) is 55.6 Å². The number of likely N-dealkylation sites (tertiary alicyclic amines) is 1. The molecule has 0 saturated carbocycles. The number of ether oxygens (including phenoxy) is 1. The zero-order chi connectivity index (χ0) is 22.2. The van der Waals surface area contributed by atoms with Crippen molar-refractivity contribution >= 4 is 5.91 Å². The Kier molecular flexibility index (Phi) is 8.41. The van der Waals surface area contributed by atoms with Gasteiger partial charge in [-0.2, -0.15) is 0 Å². The fourth-order valence-corrected chi connectivity index (χ4v) is 3.86. The second-order valence-electron chi connectivity index (χ2n) is 8.44. The van der Waals surface area contributed by atoms with Crippen LogP contribution in [0.1, 0.15) is 48.8 Å². The van der Waals surface area contributed by atoms with E-state index in [1.165, 1.54) is 17.7 Å². The van der Waals surface area contributed by atoms with Crippen molar-refractivity contribution in [3.05, 3.63) is 64.7 Å². The molecule has 0 spiro atoms. The van der Waals surface area contributed by atoms with Gasteiger partial charge in [0.1, 0.15) is 5.75 Å². The van der Waals surface area contributed by atoms with Crippen LogP contribution in [0.15, 0.2) is 36.4 Å². The number of piperidine rings is 1. The summed E-state index contributed by atoms with van der Waals surface area (Å²) in [4.78, 5) is 14.5. The molecule has 1 aliphatic rings. The van der Waals surface area contributed by atoms with E-state index in [2.05, 4.69) is 22.3 Å². The van der Waals surface area contributed by atoms with Crippen molar-refractivity contribution in [1.29, 1.82) is 0 Å². The van der Waals surface area contributed by atoms with Gasteiger partial charge in [0, 0.05) is 32.1 Å². The predicted octanol–water partition coefficient (Wildman–Crippen LogP) is 4.91. The van der Waals surface area contributed by atoms with Crippen LogP contribution in [0.4, 0.5) is 8.78 Å². The number of amides is 1. The van der Waals surface area contributed by atoms with Crippen LogP contribution >= 0.6 is 0 Å². The molecule has 3 rings (SSSR count). The maximum Gasteiger partial charge on any atom is 0.220 e. The molecular weight excluding hydrogens is 398 g/mol. The summed E-state index contributed by atoms with van der Waals surface area (Å²) in [6.07, 6.45) is 3.88. The molecular formula is C25H32F2N2O2. The summed E-state index contributed by atoms with van der Waals surface area (Å²) < 4.78 is 32.3. The lowest BCUT2D eigenvalue weighted by Crippen LogP contribution is -2.44. The highest BCUT2D eigenvalue weighted by atomic mass is 19.2. The third-order valence-electron chi connectivity index (χ3n) is 5.74. The van der Waals surface area contributed by atoms with Crippen molar-refractivity contribution in [2.24, 2.45) is 0 Å². The second-order valence-corrected chi connectivity index (χ2v) is 8.44. The smallest absolute Gasteiger partial charge is 0.220 e. The number of aryl methyl sites for hydroxylation is 2. The first kappa shape index (κ1) is 23.2. The van der Waals surface area contributed by atoms with Crippen molar-refractivity contribution in [3.8, 4) is 5.75 Å². The van der Waals surface area contributed by atoms with E-state index in [-0.39, 0.29) is 11.9 Å². The van der Waals surface area contributed by atoms with Crippen molar-refractivity contribution in [2.75, 3.05) is 19.7 Å². The lowest BCUT2D eigenvalue weighted by Gasteiger charge is -2.32. The molecule has 1 N–H and O–H groups in total. The number of nitrogens with zero attached hydrogens (tertiary/aromatic N) is 1. The van der Waals surface area contributed by atoms with Crippen molar-refractivity contribution < 1.29 is 18.3 Å². The van der Waals surface area contributed by atoms with E-state index < -0.39 is 11.6 Å². The standard InChI is InChI=1S/C25H32F2N2O2/c1-18-6-7-19(2)24(15-18)31-14-4-3-5-25(30)28-21-10-12-29(13-11-21)17-20-8-9-22(26)23(27)16-20/h6-9,15-16,21H,3-5,10-14,17H2,1-2H3,(H,28,30). The van der Waals surface area contributed by atoms with Gasteiger partial charge >= 0.3 is 0 Å². The molecule has 0 radical (unpaired) electrons. The second kappa shape index (κ2) is 11.2. The molecule has 0 atom stereocenters. The minimum atomic E-state index is -0.818. The van der Waals surface area contributed by atoms with Crippen LogP contribution < -0.4 is 10.1 Å². The van der Waals surface area contributed by atoms with Gasteiger partial charge in [0.05, 0.1) is 6.61 Å². The van der Waals surface area contributed by atoms with Crippen LogP contribution in [0.2, 0.25) is 0 Å². The Hall–Kier alpha value is -2.47. The van der Waals surface area contributed by atoms with Gasteiger partial charge in [-0.05, 0) is 74.4 Å². The summed E-state index contributed by atoms with van der Waals surface area (Å²) in [6, 6.07) is 10.4. The van der Waals surface area contributed by atoms with Crippen LogP contribution in [0, 0.1) is 25.5 Å². The number of hydrogen-bond donors (Lipinski definition) is 1. The quantitative estimate of drug-likeness (QED) is 0.575. The van der Waals surface area contributed by atoms with Crippen molar-refractivity contribution in [2.45, 2.75) is 58.5 Å². The van der Waals surface area contributed by atoms with Gasteiger partial charge in [0.2, 0.25) is 5.91 Å². The number of benzene rings is 2. The number of rotatable bonds is 9. The third kappa shape index (κ3) is 7.31. The van der Waals surface area contributed by atoms with Gasteiger partial charge in [-0.25, -0.2) is 8.78 Å². The van der Waals surface area contributed by atoms with Gasteiger partial charge < -0.3 is 10.1 Å². The molecule has 168 valence electrons. The van der Waals surface area contributed by atoms with Crippen molar-refractivity contribution in [1.82, 2.24) is 10.2 Å². The van der Waals surface area contributed by atoms with Crippen LogP contribution in [0.25, 0.3) is 0 Å². The molecule has 1 aliphatic heterocycles. The van der Waals surface area contributed by atoms with Crippen LogP contribution in [0.5, 0.6) is 5.75 Å². The van der Waals surface area contributed by atoms with E-state index in [4.69, 9.17) is 4.74 Å². The molecule has 0 bridgehead atoms. The fraction of sp³-hybridized carbons (Fsp3) is 0.480. The minimum Gasteiger partial charge on any atom is -0.493 e. The number of hydrogen-bond acceptors (Lipinski definition) is 3. The summed E-state index contributed by atoms with van der Waals surface area (Å²) in [5, 5.41) is 3.13. The molecule has 6 heteroatoms. The molecule has 0 aliphatic carbocycles. The highest BCUT2D eigenvalue weighted by molar-refractivity contribution is 5.76. The van der Waals surface area contributed by atoms with Crippen molar-refractivity contribution in [3.63, 3.8) is 0 Å². The van der Waals surface area contributed by atoms with E-state index in [9.17, 15) is 13.6 Å². The van der Waals surface area contributed by atoms with Crippen LogP contribution in [-0.4, -0.2) is 36.5 Å². The molecule has 31 heavy (non-hydrogen) atoms. The Balaban J connectivity index is 1.29. The lowest BCUT2D eigenvalue weighted by molar-refractivity contribution is -0.122. The molecule has 0 aromatic heterocycles. The number of carbonyl (C=O) groups excluding carboxylic acids is 1. The predicted molar refractivity (Wildman–Crippen MR) is 118 cm³/mol. The number of carbonyl (C=O) groups is 1. The normalized spacial score (nSPS) is 15.1. The van der Waals surface area contributed by atoms with Gasteiger partial charge in [-0.3, -0.25) is 9.69 Å². The Morgan fingerprint density at radius 1 is 1.06 bits per heavy atom. The Bertz CT molecular complexity index is 880. The average Bonchev–Trinajstić information content (AvgIpc) is 2.74. The largest absolute Gasteiger partial charge is 0.493 e. The maximum absolute atomic E-state index is 13.4. The zero-order valence-electron chi connectivity index (χ0n) is 18.4. The molecule has 1 heterocycles. The third-order valence-corrected chi connectivity index (χ3v) is 5.74. The first-order chi connectivity index (χ1) is 14.9. The number of unbranched alkanes of at least 4 members (excludes halogenated alkanes) is 1. The van der Waals surface area contributed by atoms with E-state index >= 15 is 0 Å². The number of halogens is 2. The summed E-state index contributed by atoms with van der Waals surface area (Å²) in [6.45, 7) is 6.94. The van der Waals surface area contributed by atoms with Gasteiger partial charge in [0.15, 0.2) is 11.6 Å². The zero-order valence-corrected chi connectivity index (χ0v) is 18.4. The maximum atomic E-state index is 13.4. The molecule has 0 unspecified atom stereocenters. The van der Waals surface area contributed by atoms with Crippen LogP contribution in [0.3, 0.4) is 0 Å². The SMILES string of the molecule is Cc1ccc(C)c(OCCCCC(=O)NC2CCN(Cc3ccc(F)c(F)c3)CC2)c1. The molecule has 1 fully saturated rings. The Morgan fingerprint density at radius 3 is 2.58 bits per heavy atom. The first-order valence-electron chi connectivity index (χ1n) is 11.1. The van der Waals surface area contributed by atoms with E-state index in [1.54, 1.807) is 6.07 Å². The molecule has 4 nitrogen and oxygen atoms in total. The fourth-order valence-electron chi connectivity index (χ4n) is 3.86. The van der Waals surface area contributed by atoms with Crippen LogP contribution in [-0.2, 0) is 11.3 Å². The van der Waals surface area contributed by atoms with Gasteiger partial charge in [-0.1, -0.05) is 18.2 Å². The van der Waals surface area contributed by atoms with Gasteiger partial charge in [0.25, 0.3) is 0 Å². The highest BCUT2D eigenvalue weighted by Gasteiger charge is 2.20. The lowest BCUT2D eigenvalue weighted by atomic mass is 10.0. The first-order valence-corrected chi connectivity index (χ1v) is 11.1. The minimum absolute atomic E-state index is 0.0887. The molecule has 1 amide bonds. The summed E-state index contributed by atoms with van der Waals surface area (Å²) in [5.41, 5.74) is 3.07. The summed E-state index contributed by atoms with van der Waals surface area (Å²) in [5.74, 6) is -0.619. The molecule has 2 aromatic rings. The van der Waals surface area contributed by atoms with Gasteiger partial charge in [-0.15, -0.1) is 0 Å². The highest BCUT2D eigenvalue weighted by Crippen LogP contribution is 2.20. The Labute approximate surface area is 183 Å². The summed E-state index contributed by atoms with van der Waals surface area (Å²) in [7, 11) is 0. The molecule has 1 saturated heterocycles. The topological polar surface area (TPSA) is 41.6 Å².